The maximum atomic E-state index is 11.9. The molecule has 0 saturated heterocycles. The second-order valence-corrected chi connectivity index (χ2v) is 4.99. The summed E-state index contributed by atoms with van der Waals surface area (Å²) < 4.78 is 39.5. The van der Waals surface area contributed by atoms with Crippen molar-refractivity contribution < 1.29 is 17.9 Å². The minimum absolute atomic E-state index is 0. The van der Waals surface area contributed by atoms with Crippen molar-refractivity contribution in [2.45, 2.75) is 34.6 Å². The number of nitrogens with one attached hydrogen (secondary N) is 1. The third kappa shape index (κ3) is 7.04. The molecule has 18 heavy (non-hydrogen) atoms. The lowest BCUT2D eigenvalue weighted by atomic mass is 9.97. The number of hydrogen-bond acceptors (Lipinski definition) is 2. The predicted molar refractivity (Wildman–Crippen MR) is 67.8 cm³/mol. The second kappa shape index (κ2) is 5.98. The molecule has 0 aliphatic heterocycles. The molecule has 0 atom stereocenters. The minimum Gasteiger partial charge on any atom is -0.406 e. The van der Waals surface area contributed by atoms with Gasteiger partial charge in [0.2, 0.25) is 0 Å². The van der Waals surface area contributed by atoms with Gasteiger partial charge in [-0.25, -0.2) is 0 Å². The van der Waals surface area contributed by atoms with Gasteiger partial charge in [-0.2, -0.15) is 0 Å². The topological polar surface area (TPSA) is 21.3 Å². The Labute approximate surface area is 106 Å². The third-order valence-electron chi connectivity index (χ3n) is 1.91. The average molecular weight is 263 g/mol. The summed E-state index contributed by atoms with van der Waals surface area (Å²) in [5.41, 5.74) is 0.885. The molecule has 0 fully saturated rings. The van der Waals surface area contributed by atoms with Crippen molar-refractivity contribution in [1.82, 2.24) is 0 Å². The lowest BCUT2D eigenvalue weighted by Gasteiger charge is -2.19. The van der Waals surface area contributed by atoms with Crippen molar-refractivity contribution >= 4 is 5.69 Å². The van der Waals surface area contributed by atoms with Crippen LogP contribution in [0, 0.1) is 5.41 Å². The minimum atomic E-state index is -4.64. The fourth-order valence-electron chi connectivity index (χ4n) is 1.14. The quantitative estimate of drug-likeness (QED) is 0.855. The summed E-state index contributed by atoms with van der Waals surface area (Å²) in [6, 6.07) is 5.70. The van der Waals surface area contributed by atoms with Crippen molar-refractivity contribution in [3.63, 3.8) is 0 Å². The normalized spacial score (nSPS) is 11.7. The number of rotatable bonds is 3. The average Bonchev–Trinajstić information content (AvgIpc) is 2.13. The molecule has 5 heteroatoms. The Morgan fingerprint density at radius 2 is 1.56 bits per heavy atom. The first-order valence-corrected chi connectivity index (χ1v) is 5.25. The molecule has 0 heterocycles. The van der Waals surface area contributed by atoms with E-state index in [9.17, 15) is 13.2 Å². The number of alkyl halides is 3. The fourth-order valence-corrected chi connectivity index (χ4v) is 1.14. The fraction of sp³-hybridized carbons (Fsp3) is 0.538. The number of benzene rings is 1. The van der Waals surface area contributed by atoms with Gasteiger partial charge in [-0.05, 0) is 29.7 Å². The predicted octanol–water partition coefficient (Wildman–Crippen LogP) is 4.68. The zero-order chi connectivity index (χ0) is 13.1. The Morgan fingerprint density at radius 3 is 1.94 bits per heavy atom. The summed E-state index contributed by atoms with van der Waals surface area (Å²) in [5.74, 6) is -0.209. The molecule has 2 nitrogen and oxygen atoms in total. The van der Waals surface area contributed by atoms with Gasteiger partial charge in [-0.15, -0.1) is 13.2 Å². The molecule has 0 aliphatic carbocycles. The van der Waals surface area contributed by atoms with Gasteiger partial charge in [0.05, 0.1) is 0 Å². The van der Waals surface area contributed by atoms with Crippen LogP contribution in [0.1, 0.15) is 28.2 Å². The van der Waals surface area contributed by atoms with Crippen LogP contribution in [0.4, 0.5) is 18.9 Å². The Bertz CT molecular complexity index is 352. The summed E-state index contributed by atoms with van der Waals surface area (Å²) in [5, 5.41) is 3.14. The van der Waals surface area contributed by atoms with Gasteiger partial charge in [0, 0.05) is 12.2 Å². The van der Waals surface area contributed by atoms with Crippen LogP contribution in [0.5, 0.6) is 5.75 Å². The SMILES string of the molecule is C.CC(C)(C)CNc1ccc(OC(F)(F)F)cc1. The van der Waals surface area contributed by atoms with Crippen molar-refractivity contribution in [3.8, 4) is 5.75 Å². The van der Waals surface area contributed by atoms with E-state index in [0.29, 0.717) is 0 Å². The third-order valence-corrected chi connectivity index (χ3v) is 1.91. The maximum absolute atomic E-state index is 11.9. The first-order valence-electron chi connectivity index (χ1n) is 5.25. The van der Waals surface area contributed by atoms with E-state index in [1.54, 1.807) is 12.1 Å². The second-order valence-electron chi connectivity index (χ2n) is 4.99. The van der Waals surface area contributed by atoms with Crippen LogP contribution in [0.3, 0.4) is 0 Å². The summed E-state index contributed by atoms with van der Waals surface area (Å²) in [7, 11) is 0. The van der Waals surface area contributed by atoms with E-state index >= 15 is 0 Å². The maximum Gasteiger partial charge on any atom is 0.573 e. The molecule has 1 N–H and O–H groups in total. The number of halogens is 3. The molecule has 0 amide bonds. The van der Waals surface area contributed by atoms with Gasteiger partial charge in [0.25, 0.3) is 0 Å². The highest BCUT2D eigenvalue weighted by Crippen LogP contribution is 2.24. The smallest absolute Gasteiger partial charge is 0.406 e. The van der Waals surface area contributed by atoms with Gasteiger partial charge in [-0.3, -0.25) is 0 Å². The van der Waals surface area contributed by atoms with Crippen molar-refractivity contribution in [2.75, 3.05) is 11.9 Å². The van der Waals surface area contributed by atoms with Crippen LogP contribution < -0.4 is 10.1 Å². The van der Waals surface area contributed by atoms with E-state index < -0.39 is 6.36 Å². The van der Waals surface area contributed by atoms with E-state index in [2.05, 4.69) is 30.8 Å². The van der Waals surface area contributed by atoms with Gasteiger partial charge in [0.1, 0.15) is 5.75 Å². The van der Waals surface area contributed by atoms with Crippen LogP contribution in [-0.2, 0) is 0 Å². The zero-order valence-electron chi connectivity index (χ0n) is 10.1. The van der Waals surface area contributed by atoms with Crippen LogP contribution in [0.15, 0.2) is 24.3 Å². The lowest BCUT2D eigenvalue weighted by Crippen LogP contribution is -2.19. The van der Waals surface area contributed by atoms with Crippen molar-refractivity contribution in [1.29, 1.82) is 0 Å². The summed E-state index contributed by atoms with van der Waals surface area (Å²) in [6.45, 7) is 6.95. The Morgan fingerprint density at radius 1 is 1.06 bits per heavy atom. The van der Waals surface area contributed by atoms with E-state index in [1.165, 1.54) is 12.1 Å². The molecule has 0 aliphatic rings. The van der Waals surface area contributed by atoms with E-state index in [4.69, 9.17) is 0 Å². The van der Waals surface area contributed by atoms with Crippen LogP contribution in [-0.4, -0.2) is 12.9 Å². The molecule has 1 rings (SSSR count). The van der Waals surface area contributed by atoms with E-state index in [0.717, 1.165) is 12.2 Å². The Kier molecular flexibility index (Phi) is 5.52. The van der Waals surface area contributed by atoms with Crippen LogP contribution in [0.2, 0.25) is 0 Å². The highest BCUT2D eigenvalue weighted by molar-refractivity contribution is 5.46. The molecule has 104 valence electrons. The van der Waals surface area contributed by atoms with Gasteiger partial charge < -0.3 is 10.1 Å². The molecule has 1 aromatic carbocycles. The summed E-state index contributed by atoms with van der Waals surface area (Å²) in [4.78, 5) is 0. The molecule has 0 saturated carbocycles. The highest BCUT2D eigenvalue weighted by atomic mass is 19.4. The monoisotopic (exact) mass is 263 g/mol. The van der Waals surface area contributed by atoms with Crippen molar-refractivity contribution in [3.05, 3.63) is 24.3 Å². The molecule has 0 bridgehead atoms. The lowest BCUT2D eigenvalue weighted by molar-refractivity contribution is -0.274. The number of anilines is 1. The van der Waals surface area contributed by atoms with Gasteiger partial charge in [-0.1, -0.05) is 28.2 Å². The molecular formula is C13H20F3NO. The molecule has 0 unspecified atom stereocenters. The molecule has 0 aromatic heterocycles. The van der Waals surface area contributed by atoms with Crippen LogP contribution in [0.25, 0.3) is 0 Å². The number of hydrogen-bond donors (Lipinski definition) is 1. The summed E-state index contributed by atoms with van der Waals surface area (Å²) >= 11 is 0. The van der Waals surface area contributed by atoms with Crippen LogP contribution >= 0.6 is 0 Å². The van der Waals surface area contributed by atoms with E-state index in [1.807, 2.05) is 0 Å². The molecule has 1 aromatic rings. The zero-order valence-corrected chi connectivity index (χ0v) is 10.1. The van der Waals surface area contributed by atoms with Gasteiger partial charge in [0.15, 0.2) is 0 Å². The highest BCUT2D eigenvalue weighted by Gasteiger charge is 2.30. The number of ether oxygens (including phenoxy) is 1. The molecule has 0 radical (unpaired) electrons. The first-order chi connectivity index (χ1) is 7.66. The Hall–Kier alpha value is -1.39. The largest absolute Gasteiger partial charge is 0.573 e. The standard InChI is InChI=1S/C12H16F3NO.CH4/c1-11(2,3)8-16-9-4-6-10(7-5-9)17-12(13,14)15;/h4-7,16H,8H2,1-3H3;1H4. The first kappa shape index (κ1) is 16.6. The molecular weight excluding hydrogens is 243 g/mol. The summed E-state index contributed by atoms with van der Waals surface area (Å²) in [6.07, 6.45) is -4.64. The van der Waals surface area contributed by atoms with Crippen molar-refractivity contribution in [2.24, 2.45) is 5.41 Å². The molecule has 0 spiro atoms. The van der Waals surface area contributed by atoms with E-state index in [-0.39, 0.29) is 18.6 Å². The van der Waals surface area contributed by atoms with Gasteiger partial charge >= 0.3 is 6.36 Å². The Balaban J connectivity index is 0.00000289.